The third-order valence-electron chi connectivity index (χ3n) is 3.10. The van der Waals surface area contributed by atoms with E-state index in [1.54, 1.807) is 29.7 Å². The van der Waals surface area contributed by atoms with Crippen LogP contribution in [0.3, 0.4) is 0 Å². The Hall–Kier alpha value is -1.95. The van der Waals surface area contributed by atoms with Crippen molar-refractivity contribution in [3.63, 3.8) is 0 Å². The van der Waals surface area contributed by atoms with Crippen molar-refractivity contribution in [3.05, 3.63) is 64.3 Å². The smallest absolute Gasteiger partial charge is 0.142 e. The third-order valence-corrected chi connectivity index (χ3v) is 4.45. The second-order valence-electron chi connectivity index (χ2n) is 4.67. The molecular formula is C16H14ClN3OS. The van der Waals surface area contributed by atoms with Crippen LogP contribution in [0.4, 0.5) is 5.69 Å². The average Bonchev–Trinajstić information content (AvgIpc) is 3.04. The number of thiazole rings is 1. The number of benzene rings is 1. The number of aliphatic hydroxyl groups excluding tert-OH is 1. The van der Waals surface area contributed by atoms with Crippen LogP contribution in [0.2, 0.25) is 5.02 Å². The summed E-state index contributed by atoms with van der Waals surface area (Å²) >= 11 is 7.75. The van der Waals surface area contributed by atoms with Gasteiger partial charge in [0, 0.05) is 17.3 Å². The Balaban J connectivity index is 1.71. The van der Waals surface area contributed by atoms with Gasteiger partial charge in [0.1, 0.15) is 5.01 Å². The maximum absolute atomic E-state index is 9.18. The second kappa shape index (κ2) is 6.87. The first kappa shape index (κ1) is 15.0. The molecule has 3 aromatic rings. The van der Waals surface area contributed by atoms with Gasteiger partial charge >= 0.3 is 0 Å². The van der Waals surface area contributed by atoms with E-state index < -0.39 is 0 Å². The molecule has 0 atom stereocenters. The van der Waals surface area contributed by atoms with Crippen molar-refractivity contribution in [2.24, 2.45) is 0 Å². The summed E-state index contributed by atoms with van der Waals surface area (Å²) in [4.78, 5) is 9.78. The predicted octanol–water partition coefficient (Wildman–Crippen LogP) is 3.96. The summed E-state index contributed by atoms with van der Waals surface area (Å²) in [7, 11) is 0. The molecule has 0 aliphatic heterocycles. The van der Waals surface area contributed by atoms with Crippen molar-refractivity contribution in [3.8, 4) is 10.7 Å². The molecular weight excluding hydrogens is 318 g/mol. The molecule has 2 heterocycles. The van der Waals surface area contributed by atoms with Crippen molar-refractivity contribution in [1.82, 2.24) is 9.97 Å². The van der Waals surface area contributed by atoms with Gasteiger partial charge in [0.2, 0.25) is 0 Å². The summed E-state index contributed by atoms with van der Waals surface area (Å²) in [5.41, 5.74) is 2.51. The van der Waals surface area contributed by atoms with E-state index in [1.807, 2.05) is 30.5 Å². The van der Waals surface area contributed by atoms with Crippen LogP contribution in [0.5, 0.6) is 0 Å². The van der Waals surface area contributed by atoms with E-state index in [4.69, 9.17) is 11.6 Å². The highest BCUT2D eigenvalue weighted by Crippen LogP contribution is 2.26. The maximum Gasteiger partial charge on any atom is 0.142 e. The van der Waals surface area contributed by atoms with Crippen LogP contribution >= 0.6 is 22.9 Å². The molecule has 0 aliphatic carbocycles. The van der Waals surface area contributed by atoms with Gasteiger partial charge in [0.15, 0.2) is 0 Å². The van der Waals surface area contributed by atoms with Crippen LogP contribution < -0.4 is 5.32 Å². The van der Waals surface area contributed by atoms with Crippen LogP contribution in [0.25, 0.3) is 10.7 Å². The summed E-state index contributed by atoms with van der Waals surface area (Å²) in [6.07, 6.45) is 3.60. The number of aliphatic hydroxyl groups is 1. The minimum atomic E-state index is -0.00374. The topological polar surface area (TPSA) is 58.0 Å². The molecule has 0 saturated heterocycles. The SMILES string of the molecule is OCc1ccc(Cl)c(NCc2cnc(-c3ccccn3)s2)c1. The van der Waals surface area contributed by atoms with Gasteiger partial charge < -0.3 is 10.4 Å². The quantitative estimate of drug-likeness (QED) is 0.743. The fourth-order valence-electron chi connectivity index (χ4n) is 1.99. The van der Waals surface area contributed by atoms with Crippen molar-refractivity contribution < 1.29 is 5.11 Å². The molecule has 0 fully saturated rings. The standard InChI is InChI=1S/C16H14ClN3OS/c17-13-5-4-11(10-21)7-15(13)19-8-12-9-20-16(22-12)14-3-1-2-6-18-14/h1-7,9,19,21H,8,10H2. The molecule has 0 unspecified atom stereocenters. The molecule has 0 amide bonds. The van der Waals surface area contributed by atoms with Gasteiger partial charge in [-0.15, -0.1) is 11.3 Å². The number of aromatic nitrogens is 2. The van der Waals surface area contributed by atoms with Gasteiger partial charge in [-0.1, -0.05) is 23.7 Å². The van der Waals surface area contributed by atoms with Crippen LogP contribution in [-0.2, 0) is 13.2 Å². The Labute approximate surface area is 137 Å². The predicted molar refractivity (Wildman–Crippen MR) is 90.0 cm³/mol. The minimum absolute atomic E-state index is 0.00374. The Morgan fingerprint density at radius 3 is 2.86 bits per heavy atom. The molecule has 0 spiro atoms. The lowest BCUT2D eigenvalue weighted by Gasteiger charge is -2.08. The molecule has 0 radical (unpaired) electrons. The van der Waals surface area contributed by atoms with Crippen LogP contribution in [0.15, 0.2) is 48.8 Å². The minimum Gasteiger partial charge on any atom is -0.392 e. The Kier molecular flexibility index (Phi) is 4.68. The molecule has 2 N–H and O–H groups in total. The first-order chi connectivity index (χ1) is 10.8. The van der Waals surface area contributed by atoms with E-state index in [0.29, 0.717) is 11.6 Å². The lowest BCUT2D eigenvalue weighted by atomic mass is 10.2. The van der Waals surface area contributed by atoms with Gasteiger partial charge in [-0.25, -0.2) is 4.98 Å². The summed E-state index contributed by atoms with van der Waals surface area (Å²) in [5.74, 6) is 0. The number of halogens is 1. The molecule has 0 aliphatic rings. The summed E-state index contributed by atoms with van der Waals surface area (Å²) in [5, 5.41) is 14.0. The summed E-state index contributed by atoms with van der Waals surface area (Å²) in [6.45, 7) is 0.620. The maximum atomic E-state index is 9.18. The van der Waals surface area contributed by atoms with Crippen LogP contribution in [0.1, 0.15) is 10.4 Å². The Morgan fingerprint density at radius 1 is 1.18 bits per heavy atom. The molecule has 0 bridgehead atoms. The van der Waals surface area contributed by atoms with E-state index >= 15 is 0 Å². The molecule has 0 saturated carbocycles. The molecule has 3 rings (SSSR count). The second-order valence-corrected chi connectivity index (χ2v) is 6.19. The number of nitrogens with one attached hydrogen (secondary N) is 1. The third kappa shape index (κ3) is 3.44. The molecule has 6 heteroatoms. The molecule has 22 heavy (non-hydrogen) atoms. The fourth-order valence-corrected chi connectivity index (χ4v) is 3.00. The van der Waals surface area contributed by atoms with E-state index in [9.17, 15) is 5.11 Å². The number of anilines is 1. The van der Waals surface area contributed by atoms with Crippen LogP contribution in [-0.4, -0.2) is 15.1 Å². The van der Waals surface area contributed by atoms with E-state index in [1.165, 1.54) is 0 Å². The van der Waals surface area contributed by atoms with Crippen molar-refractivity contribution in [2.75, 3.05) is 5.32 Å². The number of rotatable bonds is 5. The first-order valence-electron chi connectivity index (χ1n) is 6.75. The summed E-state index contributed by atoms with van der Waals surface area (Å²) in [6, 6.07) is 11.2. The average molecular weight is 332 g/mol. The lowest BCUT2D eigenvalue weighted by Crippen LogP contribution is -1.99. The first-order valence-corrected chi connectivity index (χ1v) is 7.95. The van der Waals surface area contributed by atoms with Crippen LogP contribution in [0, 0.1) is 0 Å². The van der Waals surface area contributed by atoms with Crippen molar-refractivity contribution in [2.45, 2.75) is 13.2 Å². The highest BCUT2D eigenvalue weighted by molar-refractivity contribution is 7.15. The molecule has 1 aromatic carbocycles. The number of nitrogens with zero attached hydrogens (tertiary/aromatic N) is 2. The number of hydrogen-bond acceptors (Lipinski definition) is 5. The largest absolute Gasteiger partial charge is 0.392 e. The molecule has 112 valence electrons. The van der Waals surface area contributed by atoms with Gasteiger partial charge in [-0.2, -0.15) is 0 Å². The number of hydrogen-bond donors (Lipinski definition) is 2. The van der Waals surface area contributed by atoms with Gasteiger partial charge in [-0.3, -0.25) is 4.98 Å². The van der Waals surface area contributed by atoms with E-state index in [2.05, 4.69) is 15.3 Å². The monoisotopic (exact) mass is 331 g/mol. The zero-order chi connectivity index (χ0) is 15.4. The van der Waals surface area contributed by atoms with E-state index in [0.717, 1.165) is 26.8 Å². The number of pyridine rings is 1. The molecule has 4 nitrogen and oxygen atoms in total. The zero-order valence-corrected chi connectivity index (χ0v) is 13.2. The van der Waals surface area contributed by atoms with Gasteiger partial charge in [0.05, 0.1) is 29.6 Å². The van der Waals surface area contributed by atoms with Gasteiger partial charge in [0.25, 0.3) is 0 Å². The Bertz CT molecular complexity index is 761. The Morgan fingerprint density at radius 2 is 2.09 bits per heavy atom. The fraction of sp³-hybridized carbons (Fsp3) is 0.125. The van der Waals surface area contributed by atoms with Gasteiger partial charge in [-0.05, 0) is 29.8 Å². The lowest BCUT2D eigenvalue weighted by molar-refractivity contribution is 0.282. The van der Waals surface area contributed by atoms with Crippen molar-refractivity contribution >= 4 is 28.6 Å². The zero-order valence-electron chi connectivity index (χ0n) is 11.7. The highest BCUT2D eigenvalue weighted by atomic mass is 35.5. The normalized spacial score (nSPS) is 10.6. The highest BCUT2D eigenvalue weighted by Gasteiger charge is 2.07. The molecule has 2 aromatic heterocycles. The summed E-state index contributed by atoms with van der Waals surface area (Å²) < 4.78 is 0. The van der Waals surface area contributed by atoms with E-state index in [-0.39, 0.29) is 6.61 Å². The van der Waals surface area contributed by atoms with Crippen molar-refractivity contribution in [1.29, 1.82) is 0 Å².